The molecule has 0 spiro atoms. The fourth-order valence-corrected chi connectivity index (χ4v) is 14.1. The average Bonchev–Trinajstić information content (AvgIpc) is 1.61. The van der Waals surface area contributed by atoms with Crippen LogP contribution in [0, 0.1) is 74.6 Å². The minimum atomic E-state index is 0. The van der Waals surface area contributed by atoms with Crippen molar-refractivity contribution in [2.24, 2.45) is 22.7 Å². The molecule has 0 bridgehead atoms. The molecule has 4 aliphatic carbocycles. The van der Waals surface area contributed by atoms with E-state index in [-0.39, 0.29) is 46.5 Å². The molecule has 0 nitrogen and oxygen atoms in total. The molecule has 0 saturated carbocycles. The van der Waals surface area contributed by atoms with Crippen LogP contribution in [0.3, 0.4) is 0 Å². The van der Waals surface area contributed by atoms with Gasteiger partial charge in [0.2, 0.25) is 0 Å². The van der Waals surface area contributed by atoms with Crippen LogP contribution in [0.4, 0.5) is 0 Å². The van der Waals surface area contributed by atoms with Crippen molar-refractivity contribution in [1.82, 2.24) is 0 Å². The first-order valence-electron chi connectivity index (χ1n) is 35.0. The van der Waals surface area contributed by atoms with Gasteiger partial charge in [-0.05, 0) is 34.8 Å². The van der Waals surface area contributed by atoms with Gasteiger partial charge in [0.15, 0.2) is 0 Å². The molecule has 0 aromatic heterocycles. The molecular formula is C94H112Cl2Zr2-2. The van der Waals surface area contributed by atoms with E-state index in [1.165, 1.54) is 188 Å². The van der Waals surface area contributed by atoms with E-state index >= 15 is 0 Å². The quantitative estimate of drug-likeness (QED) is 0.154. The number of aryl methyl sites for hydroxylation is 4. The molecule has 0 radical (unpaired) electrons. The first kappa shape index (κ1) is 83.5. The Morgan fingerprint density at radius 1 is 0.327 bits per heavy atom. The molecule has 98 heavy (non-hydrogen) atoms. The standard InChI is InChI=1S/2C21H25.2C15H14.2C11H17.2ClH.2Zr/c2*1-20(2,3)16-9-7-14-11-15-8-10-17(21(4,5)6)13-19(15)18(14)12-16;2*1-12-3-7-14(8-4-12)11-15-9-5-13(2)6-10-15;2*1-8-6-9(2)10(7-8)11(3,4)5;;;;/h2*7,9-10,12-13H,11H2,1-6H3;2*3-10H,1-2H3;2*7-8H,1-5H3;2*1H;;/q2*-1;;;2*-1;;;2*+2/p-2. The summed E-state index contributed by atoms with van der Waals surface area (Å²) < 4.78 is 2.85. The zero-order chi connectivity index (χ0) is 71.2. The first-order valence-corrected chi connectivity index (χ1v) is 37.4. The zero-order valence-corrected chi connectivity index (χ0v) is 70.9. The van der Waals surface area contributed by atoms with Crippen molar-refractivity contribution in [2.45, 2.75) is 215 Å². The normalized spacial score (nSPS) is 15.0. The van der Waals surface area contributed by atoms with Crippen molar-refractivity contribution in [3.8, 4) is 22.3 Å². The summed E-state index contributed by atoms with van der Waals surface area (Å²) in [6.07, 6.45) is 13.5. The Bertz CT molecular complexity index is 3680. The van der Waals surface area contributed by atoms with Gasteiger partial charge in [0, 0.05) is 0 Å². The molecule has 0 aliphatic heterocycles. The minimum Gasteiger partial charge on any atom is -1.00 e. The van der Waals surface area contributed by atoms with E-state index < -0.39 is 0 Å². The van der Waals surface area contributed by atoms with Gasteiger partial charge in [-0.3, -0.25) is 12.2 Å². The van der Waals surface area contributed by atoms with Gasteiger partial charge in [-0.15, -0.1) is 11.1 Å². The van der Waals surface area contributed by atoms with Gasteiger partial charge in [0.25, 0.3) is 0 Å². The molecule has 512 valence electrons. The largest absolute Gasteiger partial charge is 1.00 e. The van der Waals surface area contributed by atoms with Gasteiger partial charge < -0.3 is 24.8 Å². The molecule has 0 amide bonds. The number of halogens is 2. The number of hydrogen-bond acceptors (Lipinski definition) is 0. The van der Waals surface area contributed by atoms with Gasteiger partial charge in [0.05, 0.1) is 0 Å². The maximum absolute atomic E-state index is 3.53. The second-order valence-corrected chi connectivity index (χ2v) is 36.1. The number of rotatable bonds is 4. The predicted molar refractivity (Wildman–Crippen MR) is 411 cm³/mol. The van der Waals surface area contributed by atoms with E-state index in [2.05, 4.69) is 374 Å². The minimum absolute atomic E-state index is 0. The van der Waals surface area contributed by atoms with Crippen LogP contribution in [0.2, 0.25) is 0 Å². The maximum Gasteiger partial charge on any atom is -1.00 e. The fourth-order valence-electron chi connectivity index (χ4n) is 12.5. The van der Waals surface area contributed by atoms with Crippen molar-refractivity contribution < 1.29 is 73.3 Å². The van der Waals surface area contributed by atoms with E-state index in [9.17, 15) is 0 Å². The summed E-state index contributed by atoms with van der Waals surface area (Å²) in [4.78, 5) is 0. The summed E-state index contributed by atoms with van der Waals surface area (Å²) in [6, 6.07) is 65.2. The molecule has 0 fully saturated rings. The summed E-state index contributed by atoms with van der Waals surface area (Å²) in [5, 5.41) is 0. The fraction of sp³-hybridized carbons (Fsp3) is 0.383. The second kappa shape index (κ2) is 34.2. The molecule has 0 N–H and O–H groups in total. The Hall–Kier alpha value is -5.19. The summed E-state index contributed by atoms with van der Waals surface area (Å²) >= 11 is 2.93. The molecule has 8 aromatic rings. The Morgan fingerprint density at radius 2 is 0.571 bits per heavy atom. The Kier molecular flexibility index (Phi) is 29.1. The third kappa shape index (κ3) is 22.9. The van der Waals surface area contributed by atoms with E-state index in [1.54, 1.807) is 0 Å². The van der Waals surface area contributed by atoms with Crippen molar-refractivity contribution in [2.75, 3.05) is 0 Å². The summed E-state index contributed by atoms with van der Waals surface area (Å²) in [5.41, 5.74) is 34.3. The first-order chi connectivity index (χ1) is 44.5. The Morgan fingerprint density at radius 3 is 0.776 bits per heavy atom. The molecule has 2 unspecified atom stereocenters. The van der Waals surface area contributed by atoms with Gasteiger partial charge in [-0.1, -0.05) is 244 Å². The van der Waals surface area contributed by atoms with Crippen molar-refractivity contribution in [3.63, 3.8) is 0 Å². The third-order valence-corrected chi connectivity index (χ3v) is 21.4. The van der Waals surface area contributed by atoms with Gasteiger partial charge in [-0.25, -0.2) is 11.1 Å². The van der Waals surface area contributed by atoms with Crippen LogP contribution >= 0.6 is 0 Å². The van der Waals surface area contributed by atoms with Crippen molar-refractivity contribution in [1.29, 1.82) is 0 Å². The van der Waals surface area contributed by atoms with E-state index in [1.807, 2.05) is 0 Å². The summed E-state index contributed by atoms with van der Waals surface area (Å²) in [6.45, 7) is 58.0. The molecule has 0 heterocycles. The van der Waals surface area contributed by atoms with Crippen molar-refractivity contribution >= 4 is 6.41 Å². The van der Waals surface area contributed by atoms with Crippen LogP contribution in [-0.4, -0.2) is 6.41 Å². The summed E-state index contributed by atoms with van der Waals surface area (Å²) in [5.74, 6) is 1.04. The van der Waals surface area contributed by atoms with E-state index in [0.29, 0.717) is 22.7 Å². The predicted octanol–water partition coefficient (Wildman–Crippen LogP) is 18.9. The Balaban J connectivity index is 0.000000215. The zero-order valence-electron chi connectivity index (χ0n) is 64.5. The second-order valence-electron chi connectivity index (χ2n) is 33.6. The molecule has 12 rings (SSSR count). The monoisotopic (exact) mass is 1490 g/mol. The maximum atomic E-state index is 3.53. The van der Waals surface area contributed by atoms with Crippen LogP contribution in [0.1, 0.15) is 241 Å². The van der Waals surface area contributed by atoms with Crippen LogP contribution < -0.4 is 24.8 Å². The van der Waals surface area contributed by atoms with Gasteiger partial charge in [0.1, 0.15) is 0 Å². The molecule has 0 saturated heterocycles. The average molecular weight is 1500 g/mol. The number of allylic oxidation sites excluding steroid dienone is 8. The molecule has 2 atom stereocenters. The molecule has 8 aromatic carbocycles. The molecule has 4 heteroatoms. The molecular weight excluding hydrogens is 1380 g/mol. The SMILES string of the molecule is CC(C)(C)c1c[c-]c2c(c1)-c1cc(C(C)(C)C)ccc1C2.CC(C)(C)c1c[c-]c2c(c1)-c1cc(C(C)(C)C)ccc1C2.CC1=[C-]C(C)C=C1C(C)(C)C.CC1=[C-]C(C)C=C1C(C)(C)C.Cc1ccc([C](=[Zr+2])c2ccc(C)cc2)cc1.Cc1ccc([C](=[Zr+2])c2ccc(C)cc2)cc1.[Cl-].[Cl-]. The van der Waals surface area contributed by atoms with Crippen LogP contribution in [0.25, 0.3) is 22.3 Å². The third-order valence-electron chi connectivity index (χ3n) is 18.6. The van der Waals surface area contributed by atoms with Crippen molar-refractivity contribution in [3.05, 3.63) is 305 Å². The Labute approximate surface area is 638 Å². The molecule has 4 aliphatic rings. The van der Waals surface area contributed by atoms with E-state index in [0.717, 1.165) is 12.8 Å². The number of hydrogen-bond donors (Lipinski definition) is 0. The van der Waals surface area contributed by atoms with Crippen LogP contribution in [0.15, 0.2) is 192 Å². The summed E-state index contributed by atoms with van der Waals surface area (Å²) in [7, 11) is 0. The smallest absolute Gasteiger partial charge is 1.00 e. The van der Waals surface area contributed by atoms with E-state index in [4.69, 9.17) is 0 Å². The number of benzene rings is 8. The van der Waals surface area contributed by atoms with Crippen LogP contribution in [0.5, 0.6) is 0 Å². The van der Waals surface area contributed by atoms with Gasteiger partial charge >= 0.3 is 224 Å². The number of fused-ring (bicyclic) bond motifs is 6. The topological polar surface area (TPSA) is 0 Å². The van der Waals surface area contributed by atoms with Gasteiger partial charge in [-0.2, -0.15) is 82.0 Å². The van der Waals surface area contributed by atoms with Crippen LogP contribution in [-0.2, 0) is 83.0 Å².